The van der Waals surface area contributed by atoms with Crippen LogP contribution in [-0.4, -0.2) is 21.2 Å². The van der Waals surface area contributed by atoms with Gasteiger partial charge in [-0.1, -0.05) is 35.4 Å². The van der Waals surface area contributed by atoms with E-state index in [-0.39, 0.29) is 19.0 Å². The smallest absolute Gasteiger partial charge is 0.306 e. The number of rotatable bonds is 6. The first-order valence-corrected chi connectivity index (χ1v) is 8.13. The molecule has 0 atom stereocenters. The van der Waals surface area contributed by atoms with Crippen LogP contribution in [0.4, 0.5) is 0 Å². The van der Waals surface area contributed by atoms with Gasteiger partial charge >= 0.3 is 5.97 Å². The first kappa shape index (κ1) is 17.1. The van der Waals surface area contributed by atoms with Gasteiger partial charge in [-0.2, -0.15) is 0 Å². The average molecular weight is 358 g/mol. The highest BCUT2D eigenvalue weighted by Gasteiger charge is 2.11. The van der Waals surface area contributed by atoms with Gasteiger partial charge in [0.2, 0.25) is 11.8 Å². The van der Waals surface area contributed by atoms with Crippen molar-refractivity contribution in [1.29, 1.82) is 0 Å². The van der Waals surface area contributed by atoms with Crippen LogP contribution in [0.3, 0.4) is 0 Å². The van der Waals surface area contributed by atoms with Gasteiger partial charge in [-0.25, -0.2) is 4.98 Å². The van der Waals surface area contributed by atoms with Gasteiger partial charge in [-0.3, -0.25) is 4.79 Å². The van der Waals surface area contributed by atoms with Gasteiger partial charge in [-0.15, -0.1) is 10.2 Å². The summed E-state index contributed by atoms with van der Waals surface area (Å²) in [5, 5.41) is 8.37. The lowest BCUT2D eigenvalue weighted by Crippen LogP contribution is -2.06. The maximum absolute atomic E-state index is 11.8. The molecule has 2 aromatic heterocycles. The molecule has 0 N–H and O–H groups in total. The Labute approximate surface area is 149 Å². The summed E-state index contributed by atoms with van der Waals surface area (Å²) >= 11 is 5.70. The second-order valence-electron chi connectivity index (χ2n) is 5.52. The zero-order chi connectivity index (χ0) is 17.6. The van der Waals surface area contributed by atoms with Crippen molar-refractivity contribution in [1.82, 2.24) is 15.2 Å². The first-order chi connectivity index (χ1) is 12.1. The molecule has 0 aliphatic carbocycles. The lowest BCUT2D eigenvalue weighted by molar-refractivity contribution is -0.145. The molecule has 128 valence electrons. The molecule has 0 radical (unpaired) electrons. The van der Waals surface area contributed by atoms with E-state index in [9.17, 15) is 4.79 Å². The quantitative estimate of drug-likeness (QED) is 0.493. The van der Waals surface area contributed by atoms with Crippen molar-refractivity contribution in [3.63, 3.8) is 0 Å². The highest BCUT2D eigenvalue weighted by atomic mass is 35.5. The Morgan fingerprint density at radius 2 is 1.96 bits per heavy atom. The summed E-state index contributed by atoms with van der Waals surface area (Å²) < 4.78 is 10.8. The molecule has 0 saturated heterocycles. The zero-order valence-corrected chi connectivity index (χ0v) is 14.4. The number of aromatic nitrogens is 3. The Kier molecular flexibility index (Phi) is 5.40. The number of esters is 1. The van der Waals surface area contributed by atoms with Gasteiger partial charge in [0.1, 0.15) is 11.8 Å². The highest BCUT2D eigenvalue weighted by molar-refractivity contribution is 6.29. The zero-order valence-electron chi connectivity index (χ0n) is 13.6. The molecule has 7 heteroatoms. The molecule has 6 nitrogen and oxygen atoms in total. The molecule has 0 fully saturated rings. The largest absolute Gasteiger partial charge is 0.461 e. The molecule has 0 unspecified atom stereocenters. The predicted molar refractivity (Wildman–Crippen MR) is 91.8 cm³/mol. The van der Waals surface area contributed by atoms with Crippen LogP contribution in [0.5, 0.6) is 0 Å². The number of aryl methyl sites for hydroxylation is 2. The molecule has 3 rings (SSSR count). The van der Waals surface area contributed by atoms with E-state index in [1.807, 2.05) is 31.2 Å². The van der Waals surface area contributed by atoms with Crippen LogP contribution >= 0.6 is 11.6 Å². The highest BCUT2D eigenvalue weighted by Crippen LogP contribution is 2.18. The average Bonchev–Trinajstić information content (AvgIpc) is 3.09. The number of carbonyl (C=O) groups is 1. The van der Waals surface area contributed by atoms with E-state index in [1.54, 1.807) is 18.3 Å². The number of halogens is 1. The molecule has 0 aliphatic rings. The molecular formula is C18H16ClN3O3. The molecule has 0 spiro atoms. The van der Waals surface area contributed by atoms with Crippen molar-refractivity contribution in [3.8, 4) is 11.5 Å². The van der Waals surface area contributed by atoms with Crippen LogP contribution in [0, 0.1) is 6.92 Å². The Balaban J connectivity index is 1.49. The van der Waals surface area contributed by atoms with Gasteiger partial charge < -0.3 is 9.15 Å². The number of hydrogen-bond donors (Lipinski definition) is 0. The molecule has 0 saturated carbocycles. The van der Waals surface area contributed by atoms with E-state index >= 15 is 0 Å². The molecular weight excluding hydrogens is 342 g/mol. The Hall–Kier alpha value is -2.73. The van der Waals surface area contributed by atoms with Gasteiger partial charge in [0, 0.05) is 23.7 Å². The number of hydrogen-bond acceptors (Lipinski definition) is 6. The summed E-state index contributed by atoms with van der Waals surface area (Å²) in [5.74, 6) is 0.501. The molecule has 2 heterocycles. The molecule has 0 aliphatic heterocycles. The minimum absolute atomic E-state index is 0.154. The van der Waals surface area contributed by atoms with Crippen molar-refractivity contribution in [2.45, 2.75) is 26.4 Å². The normalized spacial score (nSPS) is 10.6. The fraction of sp³-hybridized carbons (Fsp3) is 0.222. The molecule has 0 bridgehead atoms. The van der Waals surface area contributed by atoms with E-state index in [0.717, 1.165) is 16.7 Å². The van der Waals surface area contributed by atoms with Crippen LogP contribution in [-0.2, 0) is 22.6 Å². The topological polar surface area (TPSA) is 78.1 Å². The summed E-state index contributed by atoms with van der Waals surface area (Å²) in [5.41, 5.74) is 2.78. The second-order valence-corrected chi connectivity index (χ2v) is 5.90. The van der Waals surface area contributed by atoms with Crippen LogP contribution in [0.25, 0.3) is 11.5 Å². The van der Waals surface area contributed by atoms with Crippen LogP contribution < -0.4 is 0 Å². The molecule has 25 heavy (non-hydrogen) atoms. The summed E-state index contributed by atoms with van der Waals surface area (Å²) in [4.78, 5) is 15.7. The number of benzene rings is 1. The number of ether oxygens (including phenoxy) is 1. The Morgan fingerprint density at radius 3 is 2.68 bits per heavy atom. The minimum Gasteiger partial charge on any atom is -0.461 e. The van der Waals surface area contributed by atoms with Crippen LogP contribution in [0.2, 0.25) is 5.15 Å². The fourth-order valence-electron chi connectivity index (χ4n) is 2.10. The third kappa shape index (κ3) is 4.87. The minimum atomic E-state index is -0.343. The third-order valence-corrected chi connectivity index (χ3v) is 3.72. The summed E-state index contributed by atoms with van der Waals surface area (Å²) in [7, 11) is 0. The predicted octanol–water partition coefficient (Wildman–Crippen LogP) is 3.77. The van der Waals surface area contributed by atoms with Crippen molar-refractivity contribution in [2.75, 3.05) is 0 Å². The summed E-state index contributed by atoms with van der Waals surface area (Å²) in [6.45, 7) is 2.16. The standard InChI is InChI=1S/C18H16ClN3O3/c1-12-2-5-14(6-3-12)18-22-21-16(25-18)8-9-17(23)24-11-13-4-7-15(19)20-10-13/h2-7,10H,8-9,11H2,1H3. The van der Waals surface area contributed by atoms with Gasteiger partial charge in [0.15, 0.2) is 0 Å². The lowest BCUT2D eigenvalue weighted by atomic mass is 10.1. The number of nitrogens with zero attached hydrogens (tertiary/aromatic N) is 3. The number of pyridine rings is 1. The van der Waals surface area contributed by atoms with Crippen molar-refractivity contribution in [3.05, 3.63) is 64.8 Å². The van der Waals surface area contributed by atoms with Crippen molar-refractivity contribution < 1.29 is 13.9 Å². The van der Waals surface area contributed by atoms with E-state index < -0.39 is 0 Å². The molecule has 1 aromatic carbocycles. The first-order valence-electron chi connectivity index (χ1n) is 7.75. The van der Waals surface area contributed by atoms with E-state index in [1.165, 1.54) is 0 Å². The van der Waals surface area contributed by atoms with Crippen molar-refractivity contribution >= 4 is 17.6 Å². The van der Waals surface area contributed by atoms with Crippen LogP contribution in [0.1, 0.15) is 23.4 Å². The van der Waals surface area contributed by atoms with Gasteiger partial charge in [0.05, 0.1) is 6.42 Å². The Morgan fingerprint density at radius 1 is 1.16 bits per heavy atom. The maximum atomic E-state index is 11.8. The van der Waals surface area contributed by atoms with Gasteiger partial charge in [-0.05, 0) is 25.1 Å². The second kappa shape index (κ2) is 7.90. The lowest BCUT2D eigenvalue weighted by Gasteiger charge is -2.03. The van der Waals surface area contributed by atoms with Crippen molar-refractivity contribution in [2.24, 2.45) is 0 Å². The molecule has 3 aromatic rings. The monoisotopic (exact) mass is 357 g/mol. The third-order valence-electron chi connectivity index (χ3n) is 3.50. The van der Waals surface area contributed by atoms with E-state index in [2.05, 4.69) is 15.2 Å². The SMILES string of the molecule is Cc1ccc(-c2nnc(CCC(=O)OCc3ccc(Cl)nc3)o2)cc1. The van der Waals surface area contributed by atoms with Gasteiger partial charge in [0.25, 0.3) is 0 Å². The fourth-order valence-corrected chi connectivity index (χ4v) is 2.22. The maximum Gasteiger partial charge on any atom is 0.306 e. The van der Waals surface area contributed by atoms with E-state index in [4.69, 9.17) is 20.8 Å². The summed E-state index contributed by atoms with van der Waals surface area (Å²) in [6, 6.07) is 11.2. The van der Waals surface area contributed by atoms with Crippen LogP contribution in [0.15, 0.2) is 47.0 Å². The number of carbonyl (C=O) groups excluding carboxylic acids is 1. The summed E-state index contributed by atoms with van der Waals surface area (Å²) in [6.07, 6.45) is 2.06. The molecule has 0 amide bonds. The van der Waals surface area contributed by atoms with E-state index in [0.29, 0.717) is 23.4 Å². The Bertz CT molecular complexity index is 845.